The van der Waals surface area contributed by atoms with Crippen LogP contribution >= 0.6 is 0 Å². The number of hydrogen-bond acceptors (Lipinski definition) is 3. The van der Waals surface area contributed by atoms with Crippen molar-refractivity contribution >= 4 is 10.1 Å². The molecule has 13 heavy (non-hydrogen) atoms. The lowest BCUT2D eigenvalue weighted by atomic mass is 10.3. The molecule has 1 atom stereocenters. The van der Waals surface area contributed by atoms with Gasteiger partial charge in [0.2, 0.25) is 5.37 Å². The third-order valence-electron chi connectivity index (χ3n) is 2.15. The maximum absolute atomic E-state index is 10.9. The Morgan fingerprint density at radius 3 is 2.08 bits per heavy atom. The SMILES string of the molecule is CCC([N+](C)(C)CCO)S(=O)(=O)O. The molecule has 5 nitrogen and oxygen atoms in total. The Morgan fingerprint density at radius 1 is 1.38 bits per heavy atom. The molecular formula is C7H18NO4S+. The minimum Gasteiger partial charge on any atom is -0.391 e. The normalized spacial score (nSPS) is 15.8. The fourth-order valence-electron chi connectivity index (χ4n) is 1.47. The number of aliphatic hydroxyl groups is 1. The van der Waals surface area contributed by atoms with Crippen molar-refractivity contribution in [3.05, 3.63) is 0 Å². The lowest BCUT2D eigenvalue weighted by molar-refractivity contribution is -0.902. The van der Waals surface area contributed by atoms with Gasteiger partial charge >= 0.3 is 10.1 Å². The summed E-state index contributed by atoms with van der Waals surface area (Å²) in [5, 5.41) is 7.86. The van der Waals surface area contributed by atoms with Gasteiger partial charge in [0.15, 0.2) is 0 Å². The highest BCUT2D eigenvalue weighted by Gasteiger charge is 2.36. The van der Waals surface area contributed by atoms with Crippen LogP contribution in [0, 0.1) is 0 Å². The average Bonchev–Trinajstić information content (AvgIpc) is 1.83. The number of aliphatic hydroxyl groups excluding tert-OH is 1. The molecule has 0 rings (SSSR count). The standard InChI is InChI=1S/C7H17NO4S/c1-4-7(13(10,11)12)8(2,3)5-6-9/h7,9H,4-6H2,1-3H3/p+1. The van der Waals surface area contributed by atoms with Crippen molar-refractivity contribution in [3.8, 4) is 0 Å². The molecule has 0 heterocycles. The van der Waals surface area contributed by atoms with Crippen molar-refractivity contribution in [3.63, 3.8) is 0 Å². The van der Waals surface area contributed by atoms with E-state index >= 15 is 0 Å². The van der Waals surface area contributed by atoms with Gasteiger partial charge in [-0.1, -0.05) is 6.92 Å². The summed E-state index contributed by atoms with van der Waals surface area (Å²) in [5.74, 6) is 0. The van der Waals surface area contributed by atoms with Crippen LogP contribution in [-0.4, -0.2) is 55.2 Å². The monoisotopic (exact) mass is 212 g/mol. The molecule has 0 fully saturated rings. The van der Waals surface area contributed by atoms with E-state index in [4.69, 9.17) is 9.66 Å². The Labute approximate surface area is 79.3 Å². The fraction of sp³-hybridized carbons (Fsp3) is 1.00. The molecular weight excluding hydrogens is 194 g/mol. The first kappa shape index (κ1) is 12.8. The molecule has 2 N–H and O–H groups in total. The first-order chi connectivity index (χ1) is 5.75. The number of quaternary nitrogens is 1. The zero-order chi connectivity index (χ0) is 10.7. The van der Waals surface area contributed by atoms with Crippen LogP contribution in [0.3, 0.4) is 0 Å². The molecule has 0 saturated carbocycles. The van der Waals surface area contributed by atoms with Gasteiger partial charge in [-0.2, -0.15) is 8.42 Å². The Bertz CT molecular complexity index is 247. The lowest BCUT2D eigenvalue weighted by Gasteiger charge is -2.34. The Hall–Kier alpha value is -0.170. The first-order valence-corrected chi connectivity index (χ1v) is 5.66. The summed E-state index contributed by atoms with van der Waals surface area (Å²) in [6.07, 6.45) is 0.325. The second-order valence-corrected chi connectivity index (χ2v) is 5.18. The van der Waals surface area contributed by atoms with E-state index < -0.39 is 15.5 Å². The van der Waals surface area contributed by atoms with Crippen molar-refractivity contribution in [2.45, 2.75) is 18.7 Å². The van der Waals surface area contributed by atoms with Gasteiger partial charge in [-0.25, -0.2) is 0 Å². The molecule has 0 saturated heterocycles. The molecule has 0 aliphatic rings. The highest BCUT2D eigenvalue weighted by atomic mass is 32.2. The van der Waals surface area contributed by atoms with Crippen molar-refractivity contribution in [1.82, 2.24) is 0 Å². The topological polar surface area (TPSA) is 74.6 Å². The van der Waals surface area contributed by atoms with Crippen LogP contribution in [0.25, 0.3) is 0 Å². The van der Waals surface area contributed by atoms with Gasteiger partial charge in [0.25, 0.3) is 0 Å². The van der Waals surface area contributed by atoms with Crippen LogP contribution < -0.4 is 0 Å². The maximum Gasteiger partial charge on any atom is 0.319 e. The second kappa shape index (κ2) is 4.36. The summed E-state index contributed by atoms with van der Waals surface area (Å²) < 4.78 is 30.9. The van der Waals surface area contributed by atoms with Crippen LogP contribution in [0.5, 0.6) is 0 Å². The van der Waals surface area contributed by atoms with Gasteiger partial charge in [-0.05, 0) is 0 Å². The van der Waals surface area contributed by atoms with E-state index in [1.165, 1.54) is 0 Å². The van der Waals surface area contributed by atoms with E-state index in [0.29, 0.717) is 13.0 Å². The molecule has 0 spiro atoms. The largest absolute Gasteiger partial charge is 0.391 e. The van der Waals surface area contributed by atoms with E-state index in [0.717, 1.165) is 0 Å². The Morgan fingerprint density at radius 2 is 1.85 bits per heavy atom. The van der Waals surface area contributed by atoms with Crippen LogP contribution in [0.1, 0.15) is 13.3 Å². The van der Waals surface area contributed by atoms with E-state index in [-0.39, 0.29) is 11.1 Å². The van der Waals surface area contributed by atoms with Crippen LogP contribution in [-0.2, 0) is 10.1 Å². The van der Waals surface area contributed by atoms with Gasteiger partial charge in [0, 0.05) is 6.42 Å². The highest BCUT2D eigenvalue weighted by Crippen LogP contribution is 2.15. The fourth-order valence-corrected chi connectivity index (χ4v) is 2.72. The molecule has 0 aliphatic carbocycles. The quantitative estimate of drug-likeness (QED) is 0.484. The number of hydrogen-bond donors (Lipinski definition) is 2. The highest BCUT2D eigenvalue weighted by molar-refractivity contribution is 7.86. The third-order valence-corrected chi connectivity index (χ3v) is 3.74. The van der Waals surface area contributed by atoms with Gasteiger partial charge < -0.3 is 9.59 Å². The number of likely N-dealkylation sites (N-methyl/N-ethyl adjacent to an activating group) is 1. The molecule has 80 valence electrons. The summed E-state index contributed by atoms with van der Waals surface area (Å²) in [7, 11) is -0.704. The maximum atomic E-state index is 10.9. The van der Waals surface area contributed by atoms with Crippen LogP contribution in [0.2, 0.25) is 0 Å². The zero-order valence-corrected chi connectivity index (χ0v) is 9.08. The predicted molar refractivity (Wildman–Crippen MR) is 49.7 cm³/mol. The molecule has 0 aliphatic heterocycles. The van der Waals surface area contributed by atoms with Crippen molar-refractivity contribution in [2.75, 3.05) is 27.2 Å². The van der Waals surface area contributed by atoms with Gasteiger partial charge in [-0.3, -0.25) is 4.55 Å². The van der Waals surface area contributed by atoms with Gasteiger partial charge in [-0.15, -0.1) is 0 Å². The van der Waals surface area contributed by atoms with Crippen molar-refractivity contribution < 1.29 is 22.6 Å². The summed E-state index contributed by atoms with van der Waals surface area (Å²) in [4.78, 5) is 0. The van der Waals surface area contributed by atoms with Gasteiger partial charge in [0.1, 0.15) is 6.54 Å². The molecule has 0 aromatic rings. The molecule has 0 aromatic carbocycles. The van der Waals surface area contributed by atoms with Crippen LogP contribution in [0.15, 0.2) is 0 Å². The van der Waals surface area contributed by atoms with Crippen molar-refractivity contribution in [2.24, 2.45) is 0 Å². The van der Waals surface area contributed by atoms with E-state index in [2.05, 4.69) is 0 Å². The number of nitrogens with zero attached hydrogens (tertiary/aromatic N) is 1. The zero-order valence-electron chi connectivity index (χ0n) is 8.27. The van der Waals surface area contributed by atoms with Crippen molar-refractivity contribution in [1.29, 1.82) is 0 Å². The third kappa shape index (κ3) is 3.60. The van der Waals surface area contributed by atoms with E-state index in [1.54, 1.807) is 21.0 Å². The smallest absolute Gasteiger partial charge is 0.319 e. The molecule has 1 unspecified atom stereocenters. The van der Waals surface area contributed by atoms with Crippen LogP contribution in [0.4, 0.5) is 0 Å². The molecule has 0 aromatic heterocycles. The summed E-state index contributed by atoms with van der Waals surface area (Å²) in [6, 6.07) is 0. The average molecular weight is 212 g/mol. The summed E-state index contributed by atoms with van der Waals surface area (Å²) in [6.45, 7) is 1.90. The summed E-state index contributed by atoms with van der Waals surface area (Å²) >= 11 is 0. The first-order valence-electron chi connectivity index (χ1n) is 4.15. The van der Waals surface area contributed by atoms with E-state index in [1.807, 2.05) is 0 Å². The van der Waals surface area contributed by atoms with Gasteiger partial charge in [0.05, 0.1) is 20.7 Å². The number of rotatable bonds is 5. The minimum absolute atomic E-state index is 0.0752. The van der Waals surface area contributed by atoms with E-state index in [9.17, 15) is 8.42 Å². The molecule has 6 heteroatoms. The minimum atomic E-state index is -4.03. The second-order valence-electron chi connectivity index (χ2n) is 3.60. The Balaban J connectivity index is 4.77. The summed E-state index contributed by atoms with van der Waals surface area (Å²) in [5.41, 5.74) is 0. The molecule has 0 bridgehead atoms. The Kier molecular flexibility index (Phi) is 4.31. The molecule has 0 amide bonds. The lowest BCUT2D eigenvalue weighted by Crippen LogP contribution is -2.53. The predicted octanol–water partition coefficient (Wildman–Crippen LogP) is -0.321. The molecule has 0 radical (unpaired) electrons.